The number of anilines is 1. The maximum absolute atomic E-state index is 5.70. The molecule has 23 heavy (non-hydrogen) atoms. The van der Waals surface area contributed by atoms with Crippen molar-refractivity contribution in [3.63, 3.8) is 0 Å². The molecule has 0 radical (unpaired) electrons. The van der Waals surface area contributed by atoms with E-state index in [0.29, 0.717) is 37.8 Å². The van der Waals surface area contributed by atoms with Gasteiger partial charge in [-0.25, -0.2) is 4.68 Å². The van der Waals surface area contributed by atoms with Crippen LogP contribution in [-0.4, -0.2) is 34.8 Å². The van der Waals surface area contributed by atoms with Crippen LogP contribution in [0.1, 0.15) is 0 Å². The summed E-state index contributed by atoms with van der Waals surface area (Å²) in [4.78, 5) is 0. The van der Waals surface area contributed by atoms with Gasteiger partial charge in [0.05, 0.1) is 12.1 Å². The number of hydrogen-bond acceptors (Lipinski definition) is 6. The average Bonchev–Trinajstić information content (AvgIpc) is 2.97. The van der Waals surface area contributed by atoms with Crippen LogP contribution in [0.4, 0.5) is 5.69 Å². The molecule has 0 bridgehead atoms. The molecule has 1 aromatic heterocycles. The summed E-state index contributed by atoms with van der Waals surface area (Å²) in [6, 6.07) is 11.1. The zero-order valence-corrected chi connectivity index (χ0v) is 12.4. The van der Waals surface area contributed by atoms with Gasteiger partial charge in [0, 0.05) is 17.8 Å². The van der Waals surface area contributed by atoms with E-state index in [1.807, 2.05) is 36.4 Å². The van der Waals surface area contributed by atoms with Gasteiger partial charge in [0.25, 0.3) is 0 Å². The summed E-state index contributed by atoms with van der Waals surface area (Å²) >= 11 is 0. The first-order valence-electron chi connectivity index (χ1n) is 7.41. The van der Waals surface area contributed by atoms with E-state index >= 15 is 0 Å². The van der Waals surface area contributed by atoms with Crippen molar-refractivity contribution >= 4 is 16.7 Å². The molecule has 0 fully saturated rings. The van der Waals surface area contributed by atoms with Gasteiger partial charge in [-0.3, -0.25) is 0 Å². The minimum absolute atomic E-state index is 0.483. The molecule has 2 heterocycles. The molecule has 0 spiro atoms. The lowest BCUT2D eigenvalue weighted by Crippen LogP contribution is -2.15. The normalized spacial score (nSPS) is 13.2. The predicted molar refractivity (Wildman–Crippen MR) is 84.9 cm³/mol. The molecule has 2 N–H and O–H groups in total. The molecule has 1 aliphatic rings. The van der Waals surface area contributed by atoms with Crippen molar-refractivity contribution in [1.29, 1.82) is 0 Å². The van der Waals surface area contributed by atoms with E-state index in [1.165, 1.54) is 0 Å². The number of nitrogens with two attached hydrogens (primary N) is 1. The summed E-state index contributed by atoms with van der Waals surface area (Å²) in [5.41, 5.74) is 8.04. The third kappa shape index (κ3) is 2.73. The molecular weight excluding hydrogens is 296 g/mol. The highest BCUT2D eigenvalue weighted by atomic mass is 16.6. The van der Waals surface area contributed by atoms with Gasteiger partial charge in [0.2, 0.25) is 0 Å². The van der Waals surface area contributed by atoms with Gasteiger partial charge < -0.3 is 19.9 Å². The molecule has 0 saturated heterocycles. The van der Waals surface area contributed by atoms with Crippen molar-refractivity contribution in [1.82, 2.24) is 15.0 Å². The van der Waals surface area contributed by atoms with Crippen molar-refractivity contribution in [3.05, 3.63) is 36.4 Å². The second-order valence-corrected chi connectivity index (χ2v) is 5.21. The molecule has 0 atom stereocenters. The molecule has 1 aliphatic heterocycles. The summed E-state index contributed by atoms with van der Waals surface area (Å²) in [5, 5.41) is 8.34. The number of benzene rings is 2. The van der Waals surface area contributed by atoms with E-state index in [4.69, 9.17) is 19.9 Å². The Labute approximate surface area is 132 Å². The maximum atomic E-state index is 5.70. The van der Waals surface area contributed by atoms with Crippen LogP contribution in [0.15, 0.2) is 36.4 Å². The summed E-state index contributed by atoms with van der Waals surface area (Å²) < 4.78 is 18.6. The predicted octanol–water partition coefficient (Wildman–Crippen LogP) is 1.86. The molecule has 7 nitrogen and oxygen atoms in total. The first-order chi connectivity index (χ1) is 11.3. The van der Waals surface area contributed by atoms with Crippen molar-refractivity contribution in [2.24, 2.45) is 0 Å². The fourth-order valence-corrected chi connectivity index (χ4v) is 2.48. The highest BCUT2D eigenvalue weighted by Gasteiger charge is 2.15. The molecule has 118 valence electrons. The largest absolute Gasteiger partial charge is 0.492 e. The highest BCUT2D eigenvalue weighted by Crippen LogP contribution is 2.33. The highest BCUT2D eigenvalue weighted by molar-refractivity contribution is 5.79. The second kappa shape index (κ2) is 5.68. The molecule has 7 heteroatoms. The first kappa shape index (κ1) is 13.7. The monoisotopic (exact) mass is 312 g/mol. The number of fused-ring (bicyclic) bond motifs is 2. The summed E-state index contributed by atoms with van der Waals surface area (Å²) in [6.45, 7) is 2.18. The first-order valence-corrected chi connectivity index (χ1v) is 7.41. The van der Waals surface area contributed by atoms with Gasteiger partial charge >= 0.3 is 0 Å². The van der Waals surface area contributed by atoms with Crippen molar-refractivity contribution in [2.45, 2.75) is 6.54 Å². The standard InChI is InChI=1S/C16H16N4O3/c17-11-1-3-12(4-2-11)21-6-5-20-14-10-16-15(22-7-8-23-16)9-13(14)18-19-20/h1-4,9-10H,5-8,17H2. The molecule has 0 aliphatic carbocycles. The topological polar surface area (TPSA) is 84.4 Å². The lowest BCUT2D eigenvalue weighted by Gasteiger charge is -2.18. The van der Waals surface area contributed by atoms with Crippen LogP contribution in [0.2, 0.25) is 0 Å². The fourth-order valence-electron chi connectivity index (χ4n) is 2.48. The number of hydrogen-bond donors (Lipinski definition) is 1. The quantitative estimate of drug-likeness (QED) is 0.740. The minimum Gasteiger partial charge on any atom is -0.492 e. The van der Waals surface area contributed by atoms with Crippen LogP contribution < -0.4 is 19.9 Å². The van der Waals surface area contributed by atoms with Crippen LogP contribution in [0.5, 0.6) is 17.2 Å². The molecule has 0 amide bonds. The van der Waals surface area contributed by atoms with Gasteiger partial charge in [-0.1, -0.05) is 5.21 Å². The van der Waals surface area contributed by atoms with E-state index in [2.05, 4.69) is 10.3 Å². The zero-order valence-electron chi connectivity index (χ0n) is 12.4. The molecule has 2 aromatic carbocycles. The van der Waals surface area contributed by atoms with Gasteiger partial charge in [-0.15, -0.1) is 5.10 Å². The molecule has 4 rings (SSSR count). The Morgan fingerprint density at radius 3 is 2.61 bits per heavy atom. The van der Waals surface area contributed by atoms with Crippen LogP contribution in [0.25, 0.3) is 11.0 Å². The molecule has 0 saturated carbocycles. The Hall–Kier alpha value is -2.96. The van der Waals surface area contributed by atoms with Gasteiger partial charge in [-0.2, -0.15) is 0 Å². The van der Waals surface area contributed by atoms with E-state index in [1.54, 1.807) is 4.68 Å². The summed E-state index contributed by atoms with van der Waals surface area (Å²) in [5.74, 6) is 2.22. The zero-order chi connectivity index (χ0) is 15.6. The van der Waals surface area contributed by atoms with Crippen LogP contribution in [0, 0.1) is 0 Å². The summed E-state index contributed by atoms with van der Waals surface area (Å²) in [6.07, 6.45) is 0. The average molecular weight is 312 g/mol. The van der Waals surface area contributed by atoms with Crippen molar-refractivity contribution in [2.75, 3.05) is 25.6 Å². The van der Waals surface area contributed by atoms with Gasteiger partial charge in [0.1, 0.15) is 31.1 Å². The van der Waals surface area contributed by atoms with Crippen LogP contribution in [0.3, 0.4) is 0 Å². The Balaban J connectivity index is 1.49. The Morgan fingerprint density at radius 1 is 1.09 bits per heavy atom. The Morgan fingerprint density at radius 2 is 1.83 bits per heavy atom. The third-order valence-corrected chi connectivity index (χ3v) is 3.63. The molecule has 0 unspecified atom stereocenters. The fraction of sp³-hybridized carbons (Fsp3) is 0.250. The summed E-state index contributed by atoms with van der Waals surface area (Å²) in [7, 11) is 0. The van der Waals surface area contributed by atoms with Crippen molar-refractivity contribution in [3.8, 4) is 17.2 Å². The van der Waals surface area contributed by atoms with Crippen molar-refractivity contribution < 1.29 is 14.2 Å². The Bertz CT molecular complexity index is 829. The van der Waals surface area contributed by atoms with Crippen LogP contribution in [-0.2, 0) is 6.54 Å². The third-order valence-electron chi connectivity index (χ3n) is 3.63. The number of rotatable bonds is 4. The smallest absolute Gasteiger partial charge is 0.163 e. The molecule has 3 aromatic rings. The lowest BCUT2D eigenvalue weighted by molar-refractivity contribution is 0.172. The SMILES string of the molecule is Nc1ccc(OCCn2nnc3cc4c(cc32)OCCO4)cc1. The molecular formula is C16H16N4O3. The number of ether oxygens (including phenoxy) is 3. The van der Waals surface area contributed by atoms with Crippen LogP contribution >= 0.6 is 0 Å². The second-order valence-electron chi connectivity index (χ2n) is 5.21. The van der Waals surface area contributed by atoms with Gasteiger partial charge in [0.15, 0.2) is 11.5 Å². The number of nitrogen functional groups attached to an aromatic ring is 1. The Kier molecular flexibility index (Phi) is 3.38. The van der Waals surface area contributed by atoms with E-state index in [9.17, 15) is 0 Å². The van der Waals surface area contributed by atoms with Gasteiger partial charge in [-0.05, 0) is 24.3 Å². The van der Waals surface area contributed by atoms with E-state index < -0.39 is 0 Å². The number of nitrogens with zero attached hydrogens (tertiary/aromatic N) is 3. The number of aromatic nitrogens is 3. The van der Waals surface area contributed by atoms with E-state index in [-0.39, 0.29) is 0 Å². The lowest BCUT2D eigenvalue weighted by atomic mass is 10.2. The maximum Gasteiger partial charge on any atom is 0.163 e. The van der Waals surface area contributed by atoms with E-state index in [0.717, 1.165) is 22.5 Å². The minimum atomic E-state index is 0.483.